The summed E-state index contributed by atoms with van der Waals surface area (Å²) in [7, 11) is 0. The highest BCUT2D eigenvalue weighted by atomic mass is 32.2. The second kappa shape index (κ2) is 5.29. The van der Waals surface area contributed by atoms with Gasteiger partial charge >= 0.3 is 0 Å². The molecule has 0 saturated carbocycles. The highest BCUT2D eigenvalue weighted by Gasteiger charge is 2.07. The van der Waals surface area contributed by atoms with Crippen LogP contribution in [0.4, 0.5) is 0 Å². The minimum Gasteiger partial charge on any atom is -0.323 e. The van der Waals surface area contributed by atoms with Gasteiger partial charge in [0.05, 0.1) is 6.20 Å². The van der Waals surface area contributed by atoms with Crippen molar-refractivity contribution >= 4 is 11.8 Å². The van der Waals surface area contributed by atoms with Gasteiger partial charge in [0, 0.05) is 30.1 Å². The van der Waals surface area contributed by atoms with Gasteiger partial charge in [0.15, 0.2) is 0 Å². The maximum atomic E-state index is 5.97. The molecule has 13 heavy (non-hydrogen) atoms. The van der Waals surface area contributed by atoms with Crippen molar-refractivity contribution < 1.29 is 0 Å². The first-order valence-electron chi connectivity index (χ1n) is 4.63. The molecular formula is C9H17N3S. The van der Waals surface area contributed by atoms with Gasteiger partial charge < -0.3 is 5.73 Å². The van der Waals surface area contributed by atoms with E-state index < -0.39 is 0 Å². The molecule has 0 fully saturated rings. The van der Waals surface area contributed by atoms with E-state index in [-0.39, 0.29) is 6.04 Å². The largest absolute Gasteiger partial charge is 0.323 e. The Bertz CT molecular complexity index is 247. The first-order chi connectivity index (χ1) is 6.27. The van der Waals surface area contributed by atoms with Crippen molar-refractivity contribution in [2.45, 2.75) is 26.4 Å². The molecule has 0 aliphatic rings. The number of hydrogen-bond acceptors (Lipinski definition) is 3. The van der Waals surface area contributed by atoms with Crippen LogP contribution in [0.25, 0.3) is 0 Å². The van der Waals surface area contributed by atoms with E-state index in [0.717, 1.165) is 23.6 Å². The molecule has 0 aliphatic carbocycles. The van der Waals surface area contributed by atoms with E-state index in [2.05, 4.69) is 18.9 Å². The van der Waals surface area contributed by atoms with E-state index >= 15 is 0 Å². The highest BCUT2D eigenvalue weighted by molar-refractivity contribution is 7.99. The smallest absolute Gasteiger partial charge is 0.0537 e. The SMILES string of the molecule is CCSCC(N)c1cnn(CC)c1. The van der Waals surface area contributed by atoms with E-state index in [9.17, 15) is 0 Å². The Morgan fingerprint density at radius 3 is 2.92 bits per heavy atom. The molecule has 3 nitrogen and oxygen atoms in total. The van der Waals surface area contributed by atoms with Gasteiger partial charge in [-0.1, -0.05) is 6.92 Å². The Hall–Kier alpha value is -0.480. The normalized spacial score (nSPS) is 13.2. The molecule has 1 aromatic rings. The van der Waals surface area contributed by atoms with Crippen LogP contribution in [-0.4, -0.2) is 21.3 Å². The average Bonchev–Trinajstić information content (AvgIpc) is 2.62. The molecule has 4 heteroatoms. The molecule has 0 saturated heterocycles. The summed E-state index contributed by atoms with van der Waals surface area (Å²) < 4.78 is 1.91. The molecule has 1 rings (SSSR count). The first kappa shape index (κ1) is 10.6. The number of aryl methyl sites for hydroxylation is 1. The van der Waals surface area contributed by atoms with Gasteiger partial charge in [0.2, 0.25) is 0 Å². The lowest BCUT2D eigenvalue weighted by molar-refractivity contribution is 0.658. The van der Waals surface area contributed by atoms with Crippen LogP contribution in [-0.2, 0) is 6.54 Å². The Balaban J connectivity index is 2.50. The predicted molar refractivity (Wildman–Crippen MR) is 57.8 cm³/mol. The molecule has 0 bridgehead atoms. The lowest BCUT2D eigenvalue weighted by Crippen LogP contribution is -2.12. The van der Waals surface area contributed by atoms with Gasteiger partial charge in [-0.25, -0.2) is 0 Å². The molecule has 0 aromatic carbocycles. The fraction of sp³-hybridized carbons (Fsp3) is 0.667. The quantitative estimate of drug-likeness (QED) is 0.784. The van der Waals surface area contributed by atoms with E-state index in [1.165, 1.54) is 0 Å². The number of thioether (sulfide) groups is 1. The maximum absolute atomic E-state index is 5.97. The summed E-state index contributed by atoms with van der Waals surface area (Å²) in [5, 5.41) is 4.19. The summed E-state index contributed by atoms with van der Waals surface area (Å²) in [6, 6.07) is 0.130. The fourth-order valence-corrected chi connectivity index (χ4v) is 1.77. The lowest BCUT2D eigenvalue weighted by Gasteiger charge is -2.06. The fourth-order valence-electron chi connectivity index (χ4n) is 1.09. The monoisotopic (exact) mass is 199 g/mol. The molecule has 0 radical (unpaired) electrons. The van der Waals surface area contributed by atoms with Gasteiger partial charge in [-0.15, -0.1) is 0 Å². The summed E-state index contributed by atoms with van der Waals surface area (Å²) in [6.45, 7) is 5.13. The van der Waals surface area contributed by atoms with Crippen LogP contribution >= 0.6 is 11.8 Å². The van der Waals surface area contributed by atoms with Crippen LogP contribution in [0.2, 0.25) is 0 Å². The molecule has 1 heterocycles. The second-order valence-electron chi connectivity index (χ2n) is 2.90. The molecular weight excluding hydrogens is 182 g/mol. The summed E-state index contributed by atoms with van der Waals surface area (Å²) in [5.74, 6) is 2.10. The molecule has 1 atom stereocenters. The van der Waals surface area contributed by atoms with Gasteiger partial charge in [0.1, 0.15) is 0 Å². The Labute approximate surface area is 83.7 Å². The minimum atomic E-state index is 0.130. The molecule has 1 aromatic heterocycles. The molecule has 2 N–H and O–H groups in total. The van der Waals surface area contributed by atoms with Gasteiger partial charge in [-0.3, -0.25) is 4.68 Å². The molecule has 0 spiro atoms. The first-order valence-corrected chi connectivity index (χ1v) is 5.79. The van der Waals surface area contributed by atoms with E-state index in [0.29, 0.717) is 0 Å². The van der Waals surface area contributed by atoms with Crippen molar-refractivity contribution in [3.05, 3.63) is 18.0 Å². The molecule has 74 valence electrons. The van der Waals surface area contributed by atoms with Crippen molar-refractivity contribution in [1.82, 2.24) is 9.78 Å². The average molecular weight is 199 g/mol. The third-order valence-corrected chi connectivity index (χ3v) is 2.91. The van der Waals surface area contributed by atoms with Crippen LogP contribution in [0, 0.1) is 0 Å². The summed E-state index contributed by atoms with van der Waals surface area (Å²) in [4.78, 5) is 0. The maximum Gasteiger partial charge on any atom is 0.0537 e. The Kier molecular flexibility index (Phi) is 4.32. The van der Waals surface area contributed by atoms with Crippen LogP contribution in [0.3, 0.4) is 0 Å². The van der Waals surface area contributed by atoms with Gasteiger partial charge in [0.25, 0.3) is 0 Å². The Morgan fingerprint density at radius 2 is 2.38 bits per heavy atom. The van der Waals surface area contributed by atoms with Crippen LogP contribution in [0.5, 0.6) is 0 Å². The third kappa shape index (κ3) is 3.04. The zero-order chi connectivity index (χ0) is 9.68. The van der Waals surface area contributed by atoms with Crippen LogP contribution in [0.1, 0.15) is 25.5 Å². The van der Waals surface area contributed by atoms with Crippen molar-refractivity contribution in [3.8, 4) is 0 Å². The zero-order valence-electron chi connectivity index (χ0n) is 8.23. The second-order valence-corrected chi connectivity index (χ2v) is 4.21. The summed E-state index contributed by atoms with van der Waals surface area (Å²) in [5.41, 5.74) is 7.12. The number of nitrogens with zero attached hydrogens (tertiary/aromatic N) is 2. The van der Waals surface area contributed by atoms with Crippen molar-refractivity contribution in [1.29, 1.82) is 0 Å². The summed E-state index contributed by atoms with van der Waals surface area (Å²) >= 11 is 1.87. The van der Waals surface area contributed by atoms with Gasteiger partial charge in [-0.2, -0.15) is 16.9 Å². The number of aromatic nitrogens is 2. The summed E-state index contributed by atoms with van der Waals surface area (Å²) in [6.07, 6.45) is 3.89. The number of nitrogens with two attached hydrogens (primary N) is 1. The van der Waals surface area contributed by atoms with E-state index in [1.54, 1.807) is 0 Å². The number of rotatable bonds is 5. The molecule has 0 amide bonds. The molecule has 0 aliphatic heterocycles. The number of hydrogen-bond donors (Lipinski definition) is 1. The highest BCUT2D eigenvalue weighted by Crippen LogP contribution is 2.14. The molecule has 1 unspecified atom stereocenters. The van der Waals surface area contributed by atoms with E-state index in [1.807, 2.05) is 28.8 Å². The third-order valence-electron chi connectivity index (χ3n) is 1.91. The minimum absolute atomic E-state index is 0.130. The zero-order valence-corrected chi connectivity index (χ0v) is 9.05. The van der Waals surface area contributed by atoms with Crippen molar-refractivity contribution in [2.24, 2.45) is 5.73 Å². The van der Waals surface area contributed by atoms with Crippen molar-refractivity contribution in [3.63, 3.8) is 0 Å². The topological polar surface area (TPSA) is 43.8 Å². The van der Waals surface area contributed by atoms with Gasteiger partial charge in [-0.05, 0) is 12.7 Å². The van der Waals surface area contributed by atoms with Crippen LogP contribution < -0.4 is 5.73 Å². The lowest BCUT2D eigenvalue weighted by atomic mass is 10.2. The van der Waals surface area contributed by atoms with Crippen molar-refractivity contribution in [2.75, 3.05) is 11.5 Å². The predicted octanol–water partition coefficient (Wildman–Crippen LogP) is 1.66. The van der Waals surface area contributed by atoms with E-state index in [4.69, 9.17) is 5.73 Å². The Morgan fingerprint density at radius 1 is 1.62 bits per heavy atom. The standard InChI is InChI=1S/C9H17N3S/c1-3-12-6-8(5-11-12)9(10)7-13-4-2/h5-6,9H,3-4,7,10H2,1-2H3. The van der Waals surface area contributed by atoms with Crippen LogP contribution in [0.15, 0.2) is 12.4 Å².